The lowest BCUT2D eigenvalue weighted by molar-refractivity contribution is -0.142. The molecule has 1 atom stereocenters. The topological polar surface area (TPSA) is 59.8 Å². The molecule has 1 aliphatic heterocycles. The molecule has 0 spiro atoms. The van der Waals surface area contributed by atoms with Crippen LogP contribution in [0.3, 0.4) is 0 Å². The Morgan fingerprint density at radius 1 is 0.926 bits per heavy atom. The second kappa shape index (κ2) is 7.66. The van der Waals surface area contributed by atoms with E-state index in [1.165, 1.54) is 0 Å². The number of furan rings is 1. The highest BCUT2D eigenvalue weighted by Gasteiger charge is 2.31. The van der Waals surface area contributed by atoms with Crippen molar-refractivity contribution in [3.8, 4) is 0 Å². The number of esters is 1. The summed E-state index contributed by atoms with van der Waals surface area (Å²) < 4.78 is 11.2. The Bertz CT molecular complexity index is 908. The van der Waals surface area contributed by atoms with Crippen LogP contribution < -0.4 is 0 Å². The summed E-state index contributed by atoms with van der Waals surface area (Å²) >= 11 is 0. The Morgan fingerprint density at radius 3 is 2.37 bits per heavy atom. The number of likely N-dealkylation sites (tertiary alicyclic amines) is 1. The van der Waals surface area contributed by atoms with Crippen LogP contribution in [-0.2, 0) is 9.53 Å². The van der Waals surface area contributed by atoms with Gasteiger partial charge in [0.2, 0.25) is 11.9 Å². The first-order valence-corrected chi connectivity index (χ1v) is 9.26. The molecule has 138 valence electrons. The van der Waals surface area contributed by atoms with E-state index >= 15 is 0 Å². The molecule has 1 aromatic heterocycles. The smallest absolute Gasteiger partial charge is 0.375 e. The molecule has 1 aliphatic rings. The predicted molar refractivity (Wildman–Crippen MR) is 101 cm³/mol. The zero-order valence-electron chi connectivity index (χ0n) is 15.0. The predicted octanol–water partition coefficient (Wildman–Crippen LogP) is 4.34. The van der Waals surface area contributed by atoms with E-state index in [0.29, 0.717) is 24.2 Å². The van der Waals surface area contributed by atoms with E-state index in [-0.39, 0.29) is 11.7 Å². The van der Waals surface area contributed by atoms with Crippen LogP contribution >= 0.6 is 0 Å². The molecule has 0 saturated carbocycles. The molecule has 5 nitrogen and oxygen atoms in total. The SMILES string of the molecule is O=C(O[C@@H](C(=O)N1CCCCC1)c1ccccc1)c1cc2ccccc2o1. The quantitative estimate of drug-likeness (QED) is 0.647. The van der Waals surface area contributed by atoms with Crippen molar-refractivity contribution in [3.63, 3.8) is 0 Å². The molecule has 2 aromatic carbocycles. The second-order valence-electron chi connectivity index (χ2n) is 6.73. The molecule has 3 aromatic rings. The number of nitrogens with zero attached hydrogens (tertiary/aromatic N) is 1. The molecule has 5 heteroatoms. The summed E-state index contributed by atoms with van der Waals surface area (Å²) in [6.07, 6.45) is 2.11. The molecule has 27 heavy (non-hydrogen) atoms. The fourth-order valence-electron chi connectivity index (χ4n) is 3.42. The molecule has 1 fully saturated rings. The summed E-state index contributed by atoms with van der Waals surface area (Å²) in [7, 11) is 0. The van der Waals surface area contributed by atoms with Crippen molar-refractivity contribution in [2.45, 2.75) is 25.4 Å². The minimum atomic E-state index is -0.968. The van der Waals surface area contributed by atoms with E-state index in [2.05, 4.69) is 0 Å². The lowest BCUT2D eigenvalue weighted by Crippen LogP contribution is -2.40. The van der Waals surface area contributed by atoms with Gasteiger partial charge in [-0.15, -0.1) is 0 Å². The van der Waals surface area contributed by atoms with E-state index in [1.54, 1.807) is 29.2 Å². The largest absolute Gasteiger partial charge is 0.449 e. The molecular weight excluding hydrogens is 342 g/mol. The first kappa shape index (κ1) is 17.3. The number of carbonyl (C=O) groups excluding carboxylic acids is 2. The van der Waals surface area contributed by atoms with E-state index < -0.39 is 12.1 Å². The highest BCUT2D eigenvalue weighted by molar-refractivity contribution is 5.94. The van der Waals surface area contributed by atoms with Gasteiger partial charge in [0, 0.05) is 24.0 Å². The number of hydrogen-bond donors (Lipinski definition) is 0. The van der Waals surface area contributed by atoms with Gasteiger partial charge < -0.3 is 14.1 Å². The molecule has 1 saturated heterocycles. The summed E-state index contributed by atoms with van der Waals surface area (Å²) in [5.74, 6) is -0.709. The van der Waals surface area contributed by atoms with Crippen molar-refractivity contribution < 1.29 is 18.7 Å². The molecular formula is C22H21NO4. The molecule has 0 radical (unpaired) electrons. The molecule has 1 amide bonds. The molecule has 0 bridgehead atoms. The first-order valence-electron chi connectivity index (χ1n) is 9.26. The number of para-hydroxylation sites is 1. The van der Waals surface area contributed by atoms with Gasteiger partial charge in [-0.3, -0.25) is 4.79 Å². The van der Waals surface area contributed by atoms with Crippen molar-refractivity contribution in [1.29, 1.82) is 0 Å². The number of rotatable bonds is 4. The number of hydrogen-bond acceptors (Lipinski definition) is 4. The summed E-state index contributed by atoms with van der Waals surface area (Å²) in [4.78, 5) is 27.5. The van der Waals surface area contributed by atoms with Crippen molar-refractivity contribution in [2.24, 2.45) is 0 Å². The maximum Gasteiger partial charge on any atom is 0.375 e. The number of benzene rings is 2. The number of carbonyl (C=O) groups is 2. The van der Waals surface area contributed by atoms with Gasteiger partial charge in [0.15, 0.2) is 0 Å². The third-order valence-corrected chi connectivity index (χ3v) is 4.85. The van der Waals surface area contributed by atoms with E-state index in [0.717, 1.165) is 24.6 Å². The number of ether oxygens (including phenoxy) is 1. The van der Waals surface area contributed by atoms with Crippen LogP contribution in [0.1, 0.15) is 41.5 Å². The fraction of sp³-hybridized carbons (Fsp3) is 0.273. The Hall–Kier alpha value is -3.08. The standard InChI is InChI=1S/C22H21NO4/c24-21(23-13-7-2-8-14-23)20(16-9-3-1-4-10-16)27-22(25)19-15-17-11-5-6-12-18(17)26-19/h1,3-6,9-12,15,20H,2,7-8,13-14H2/t20-/m1/s1. The Labute approximate surface area is 157 Å². The van der Waals surface area contributed by atoms with Gasteiger partial charge in [0.25, 0.3) is 5.91 Å². The maximum absolute atomic E-state index is 13.1. The Kier molecular flexibility index (Phi) is 4.92. The van der Waals surface area contributed by atoms with Crippen LogP contribution in [0.5, 0.6) is 0 Å². The summed E-state index contributed by atoms with van der Waals surface area (Å²) in [6.45, 7) is 1.40. The highest BCUT2D eigenvalue weighted by Crippen LogP contribution is 2.26. The van der Waals surface area contributed by atoms with E-state index in [4.69, 9.17) is 9.15 Å². The normalized spacial score (nSPS) is 15.5. The van der Waals surface area contributed by atoms with Crippen molar-refractivity contribution >= 4 is 22.8 Å². The summed E-state index contributed by atoms with van der Waals surface area (Å²) in [6, 6.07) is 18.2. The van der Waals surface area contributed by atoms with Gasteiger partial charge in [0.1, 0.15) is 5.58 Å². The average Bonchev–Trinajstić information content (AvgIpc) is 3.17. The van der Waals surface area contributed by atoms with E-state index in [1.807, 2.05) is 36.4 Å². The lowest BCUT2D eigenvalue weighted by atomic mass is 10.1. The second-order valence-corrected chi connectivity index (χ2v) is 6.73. The highest BCUT2D eigenvalue weighted by atomic mass is 16.6. The average molecular weight is 363 g/mol. The number of amides is 1. The molecule has 2 heterocycles. The third kappa shape index (κ3) is 3.72. The maximum atomic E-state index is 13.1. The van der Waals surface area contributed by atoms with Crippen LogP contribution in [0.4, 0.5) is 0 Å². The first-order chi connectivity index (χ1) is 13.2. The molecule has 0 unspecified atom stereocenters. The van der Waals surface area contributed by atoms with E-state index in [9.17, 15) is 9.59 Å². The summed E-state index contributed by atoms with van der Waals surface area (Å²) in [5, 5.41) is 0.822. The molecule has 0 N–H and O–H groups in total. The van der Waals surface area contributed by atoms with Crippen LogP contribution in [0.2, 0.25) is 0 Å². The third-order valence-electron chi connectivity index (χ3n) is 4.85. The van der Waals surface area contributed by atoms with Gasteiger partial charge in [-0.05, 0) is 31.4 Å². The monoisotopic (exact) mass is 363 g/mol. The lowest BCUT2D eigenvalue weighted by Gasteiger charge is -2.30. The zero-order valence-corrected chi connectivity index (χ0v) is 15.0. The van der Waals surface area contributed by atoms with Crippen LogP contribution in [-0.4, -0.2) is 29.9 Å². The van der Waals surface area contributed by atoms with Crippen LogP contribution in [0.25, 0.3) is 11.0 Å². The minimum Gasteiger partial charge on any atom is -0.449 e. The van der Waals surface area contributed by atoms with Crippen LogP contribution in [0.15, 0.2) is 65.1 Å². The van der Waals surface area contributed by atoms with Crippen LogP contribution in [0, 0.1) is 0 Å². The number of piperidine rings is 1. The van der Waals surface area contributed by atoms with Gasteiger partial charge in [0.05, 0.1) is 0 Å². The zero-order chi connectivity index (χ0) is 18.6. The fourth-order valence-corrected chi connectivity index (χ4v) is 3.42. The molecule has 0 aliphatic carbocycles. The van der Waals surface area contributed by atoms with Gasteiger partial charge >= 0.3 is 5.97 Å². The Morgan fingerprint density at radius 2 is 1.63 bits per heavy atom. The Balaban J connectivity index is 1.60. The summed E-state index contributed by atoms with van der Waals surface area (Å²) in [5.41, 5.74) is 1.28. The number of fused-ring (bicyclic) bond motifs is 1. The van der Waals surface area contributed by atoms with Crippen molar-refractivity contribution in [2.75, 3.05) is 13.1 Å². The van der Waals surface area contributed by atoms with Crippen molar-refractivity contribution in [3.05, 3.63) is 72.0 Å². The van der Waals surface area contributed by atoms with Gasteiger partial charge in [-0.1, -0.05) is 48.5 Å². The molecule has 4 rings (SSSR count). The van der Waals surface area contributed by atoms with Gasteiger partial charge in [-0.2, -0.15) is 0 Å². The minimum absolute atomic E-state index is 0.101. The van der Waals surface area contributed by atoms with Crippen molar-refractivity contribution in [1.82, 2.24) is 4.90 Å². The van der Waals surface area contributed by atoms with Gasteiger partial charge in [-0.25, -0.2) is 4.79 Å².